The molecule has 0 saturated carbocycles. The maximum atomic E-state index is 13.3. The molecule has 0 aliphatic carbocycles. The lowest BCUT2D eigenvalue weighted by Crippen LogP contribution is -2.33. The summed E-state index contributed by atoms with van der Waals surface area (Å²) in [5, 5.41) is 19.4. The molecule has 1 aliphatic heterocycles. The quantitative estimate of drug-likeness (QED) is 0.257. The van der Waals surface area contributed by atoms with Crippen molar-refractivity contribution < 1.29 is 18.3 Å². The van der Waals surface area contributed by atoms with Crippen molar-refractivity contribution in [3.8, 4) is 17.0 Å². The zero-order valence-electron chi connectivity index (χ0n) is 19.9. The van der Waals surface area contributed by atoms with E-state index in [1.165, 1.54) is 22.8 Å². The summed E-state index contributed by atoms with van der Waals surface area (Å²) in [6.07, 6.45) is 9.15. The van der Waals surface area contributed by atoms with Crippen molar-refractivity contribution in [2.24, 2.45) is 0 Å². The molecule has 0 spiro atoms. The van der Waals surface area contributed by atoms with E-state index in [4.69, 9.17) is 21.0 Å². The van der Waals surface area contributed by atoms with Crippen LogP contribution < -0.4 is 15.8 Å². The van der Waals surface area contributed by atoms with E-state index in [2.05, 4.69) is 20.3 Å². The Morgan fingerprint density at radius 1 is 1.38 bits per heavy atom. The number of fused-ring (bicyclic) bond motifs is 1. The number of anilines is 2. The van der Waals surface area contributed by atoms with Gasteiger partial charge in [0.05, 0.1) is 17.9 Å². The molecule has 11 nitrogen and oxygen atoms in total. The third-order valence-corrected chi connectivity index (χ3v) is 6.29. The van der Waals surface area contributed by atoms with E-state index in [9.17, 15) is 13.6 Å². The van der Waals surface area contributed by atoms with Crippen LogP contribution in [0.2, 0.25) is 0 Å². The number of carbonyl (C=O) groups is 1. The van der Waals surface area contributed by atoms with E-state index in [-0.39, 0.29) is 40.0 Å². The number of piperidine rings is 1. The van der Waals surface area contributed by atoms with E-state index in [0.717, 1.165) is 32.1 Å². The second-order valence-corrected chi connectivity index (χ2v) is 8.83. The average molecular weight is 510 g/mol. The van der Waals surface area contributed by atoms with E-state index in [1.807, 2.05) is 7.05 Å². The molecule has 1 saturated heterocycles. The van der Waals surface area contributed by atoms with Crippen LogP contribution in [0.1, 0.15) is 34.8 Å². The van der Waals surface area contributed by atoms with Crippen molar-refractivity contribution in [2.45, 2.75) is 25.5 Å². The van der Waals surface area contributed by atoms with Gasteiger partial charge in [0.25, 0.3) is 5.91 Å². The molecular weight excluding hydrogens is 484 g/mol. The Labute approximate surface area is 210 Å². The minimum atomic E-state index is -3.11. The van der Waals surface area contributed by atoms with Crippen molar-refractivity contribution >= 4 is 29.1 Å². The Morgan fingerprint density at radius 2 is 2.22 bits per heavy atom. The SMILES string of the molecule is CN1CCCC(n2cc(NC(=O)c3cnn4cccnc34)c(-c3cc(C=N)c(N)cc3OC(F)F)n2)C1. The Morgan fingerprint density at radius 3 is 2.97 bits per heavy atom. The molecule has 0 bridgehead atoms. The van der Waals surface area contributed by atoms with Crippen LogP contribution in [0, 0.1) is 5.41 Å². The average Bonchev–Trinajstić information content (AvgIpc) is 3.48. The first kappa shape index (κ1) is 24.3. The molecule has 4 N–H and O–H groups in total. The van der Waals surface area contributed by atoms with Gasteiger partial charge in [-0.15, -0.1) is 0 Å². The normalized spacial score (nSPS) is 16.3. The van der Waals surface area contributed by atoms with Gasteiger partial charge in [-0.2, -0.15) is 19.0 Å². The molecule has 13 heteroatoms. The van der Waals surface area contributed by atoms with Crippen LogP contribution in [-0.2, 0) is 0 Å². The lowest BCUT2D eigenvalue weighted by molar-refractivity contribution is -0.0494. The number of nitrogen functional groups attached to an aromatic ring is 1. The third kappa shape index (κ3) is 4.85. The van der Waals surface area contributed by atoms with Gasteiger partial charge in [0, 0.05) is 54.2 Å². The number of amides is 1. The molecule has 1 atom stereocenters. The molecule has 1 amide bonds. The monoisotopic (exact) mass is 509 g/mol. The van der Waals surface area contributed by atoms with Crippen molar-refractivity contribution in [3.63, 3.8) is 0 Å². The van der Waals surface area contributed by atoms with E-state index in [1.54, 1.807) is 29.3 Å². The predicted molar refractivity (Wildman–Crippen MR) is 133 cm³/mol. The van der Waals surface area contributed by atoms with Crippen molar-refractivity contribution in [3.05, 3.63) is 54.1 Å². The van der Waals surface area contributed by atoms with Gasteiger partial charge in [-0.05, 0) is 38.6 Å². The molecule has 4 aromatic rings. The van der Waals surface area contributed by atoms with Gasteiger partial charge >= 0.3 is 6.61 Å². The molecule has 192 valence electrons. The lowest BCUT2D eigenvalue weighted by atomic mass is 10.0. The number of aromatic nitrogens is 5. The largest absolute Gasteiger partial charge is 0.434 e. The molecule has 5 rings (SSSR count). The number of nitrogens with zero attached hydrogens (tertiary/aromatic N) is 6. The van der Waals surface area contributed by atoms with Gasteiger partial charge < -0.3 is 26.1 Å². The van der Waals surface area contributed by atoms with Gasteiger partial charge in [-0.25, -0.2) is 9.50 Å². The topological polar surface area (TPSA) is 139 Å². The van der Waals surface area contributed by atoms with Crippen LogP contribution in [0.25, 0.3) is 16.9 Å². The molecule has 4 heterocycles. The van der Waals surface area contributed by atoms with Crippen LogP contribution in [-0.4, -0.2) is 68.1 Å². The molecule has 1 aliphatic rings. The molecule has 1 fully saturated rings. The van der Waals surface area contributed by atoms with E-state index >= 15 is 0 Å². The first-order valence-electron chi connectivity index (χ1n) is 11.6. The van der Waals surface area contributed by atoms with Crippen molar-refractivity contribution in [1.82, 2.24) is 29.3 Å². The lowest BCUT2D eigenvalue weighted by Gasteiger charge is -2.29. The number of hydrogen-bond acceptors (Lipinski definition) is 8. The Balaban J connectivity index is 1.61. The van der Waals surface area contributed by atoms with Crippen LogP contribution >= 0.6 is 0 Å². The Bertz CT molecular complexity index is 1470. The fourth-order valence-corrected chi connectivity index (χ4v) is 4.52. The highest BCUT2D eigenvalue weighted by atomic mass is 19.3. The van der Waals surface area contributed by atoms with Crippen LogP contribution in [0.4, 0.5) is 20.2 Å². The van der Waals surface area contributed by atoms with Crippen LogP contribution in [0.3, 0.4) is 0 Å². The van der Waals surface area contributed by atoms with E-state index in [0.29, 0.717) is 11.2 Å². The number of carbonyl (C=O) groups excluding carboxylic acids is 1. The minimum Gasteiger partial charge on any atom is -0.434 e. The number of rotatable bonds is 7. The summed E-state index contributed by atoms with van der Waals surface area (Å²) >= 11 is 0. The molecule has 1 unspecified atom stereocenters. The summed E-state index contributed by atoms with van der Waals surface area (Å²) in [5.41, 5.74) is 7.60. The van der Waals surface area contributed by atoms with Gasteiger partial charge in [0.1, 0.15) is 17.0 Å². The number of benzene rings is 1. The first-order valence-corrected chi connectivity index (χ1v) is 11.6. The summed E-state index contributed by atoms with van der Waals surface area (Å²) in [6.45, 7) is -1.41. The zero-order chi connectivity index (χ0) is 26.1. The number of likely N-dealkylation sites (N-methyl/N-ethyl adjacent to an activating group) is 1. The smallest absolute Gasteiger partial charge is 0.387 e. The number of nitrogens with one attached hydrogen (secondary N) is 2. The zero-order valence-corrected chi connectivity index (χ0v) is 19.9. The number of hydrogen-bond donors (Lipinski definition) is 3. The maximum Gasteiger partial charge on any atom is 0.387 e. The van der Waals surface area contributed by atoms with Crippen molar-refractivity contribution in [2.75, 3.05) is 31.2 Å². The Kier molecular flexibility index (Phi) is 6.53. The minimum absolute atomic E-state index is 0.0113. The number of nitrogens with two attached hydrogens (primary N) is 1. The third-order valence-electron chi connectivity index (χ3n) is 6.29. The fraction of sp³-hybridized carbons (Fsp3) is 0.292. The van der Waals surface area contributed by atoms with Crippen LogP contribution in [0.5, 0.6) is 5.75 Å². The molecule has 0 radical (unpaired) electrons. The summed E-state index contributed by atoms with van der Waals surface area (Å²) in [4.78, 5) is 19.7. The number of likely N-dealkylation sites (tertiary alicyclic amines) is 1. The first-order chi connectivity index (χ1) is 17.8. The van der Waals surface area contributed by atoms with Gasteiger partial charge in [0.2, 0.25) is 0 Å². The molecule has 3 aromatic heterocycles. The fourth-order valence-electron chi connectivity index (χ4n) is 4.52. The summed E-state index contributed by atoms with van der Waals surface area (Å²) < 4.78 is 34.6. The summed E-state index contributed by atoms with van der Waals surface area (Å²) in [5.74, 6) is -0.702. The number of halogens is 2. The molecule has 37 heavy (non-hydrogen) atoms. The Hall–Kier alpha value is -4.39. The predicted octanol–water partition coefficient (Wildman–Crippen LogP) is 3.29. The van der Waals surface area contributed by atoms with Gasteiger partial charge in [-0.1, -0.05) is 0 Å². The highest BCUT2D eigenvalue weighted by molar-refractivity contribution is 6.09. The molecule has 1 aromatic carbocycles. The second kappa shape index (κ2) is 9.93. The number of alkyl halides is 2. The maximum absolute atomic E-state index is 13.3. The molecular formula is C24H25F2N9O2. The van der Waals surface area contributed by atoms with Gasteiger partial charge in [0.15, 0.2) is 5.65 Å². The summed E-state index contributed by atoms with van der Waals surface area (Å²) in [6, 6.07) is 4.39. The standard InChI is InChI=1S/C24H25F2N9O2/c1-33-6-2-4-15(12-33)35-13-19(31-23(36)17-11-30-34-7-3-5-29-22(17)34)21(32-35)16-8-14(10-27)18(28)9-20(16)37-24(25)26/h3,5,7-11,13,15,24,27H,2,4,6,12,28H2,1H3,(H,31,36). The second-order valence-electron chi connectivity index (χ2n) is 8.83. The van der Waals surface area contributed by atoms with Crippen molar-refractivity contribution in [1.29, 1.82) is 5.41 Å². The van der Waals surface area contributed by atoms with Gasteiger partial charge in [-0.3, -0.25) is 9.48 Å². The number of ether oxygens (including phenoxy) is 1. The highest BCUT2D eigenvalue weighted by Crippen LogP contribution is 2.39. The highest BCUT2D eigenvalue weighted by Gasteiger charge is 2.26. The summed E-state index contributed by atoms with van der Waals surface area (Å²) in [7, 11) is 2.02. The van der Waals surface area contributed by atoms with Crippen LogP contribution in [0.15, 0.2) is 43.0 Å². The van der Waals surface area contributed by atoms with E-state index < -0.39 is 12.5 Å².